The molecule has 16 heavy (non-hydrogen) atoms. The largest absolute Gasteiger partial charge is 0.313 e. The van der Waals surface area contributed by atoms with Gasteiger partial charge in [0.1, 0.15) is 0 Å². The van der Waals surface area contributed by atoms with Crippen molar-refractivity contribution in [3.05, 3.63) is 11.6 Å². The van der Waals surface area contributed by atoms with Crippen molar-refractivity contribution in [2.75, 3.05) is 6.54 Å². The second kappa shape index (κ2) is 4.18. The second-order valence-electron chi connectivity index (χ2n) is 6.23. The molecule has 0 aromatic rings. The lowest BCUT2D eigenvalue weighted by molar-refractivity contribution is 0.0789. The van der Waals surface area contributed by atoms with Gasteiger partial charge in [-0.15, -0.1) is 0 Å². The predicted molar refractivity (Wildman–Crippen MR) is 68.4 cm³/mol. The molecule has 3 aliphatic carbocycles. The Labute approximate surface area is 99.7 Å². The van der Waals surface area contributed by atoms with Gasteiger partial charge in [0.05, 0.1) is 0 Å². The molecule has 90 valence electrons. The molecule has 0 radical (unpaired) electrons. The van der Waals surface area contributed by atoms with Gasteiger partial charge < -0.3 is 5.32 Å². The van der Waals surface area contributed by atoms with Gasteiger partial charge in [-0.3, -0.25) is 0 Å². The number of allylic oxidation sites excluding steroid dienone is 1. The third kappa shape index (κ3) is 1.84. The maximum absolute atomic E-state index is 3.79. The van der Waals surface area contributed by atoms with Gasteiger partial charge in [0.15, 0.2) is 0 Å². The lowest BCUT2D eigenvalue weighted by Gasteiger charge is -2.51. The fourth-order valence-electron chi connectivity index (χ4n) is 3.54. The molecule has 1 nitrogen and oxygen atoms in total. The van der Waals surface area contributed by atoms with Crippen LogP contribution in [0.15, 0.2) is 11.6 Å². The summed E-state index contributed by atoms with van der Waals surface area (Å²) in [7, 11) is 0. The fraction of sp³-hybridized carbons (Fsp3) is 0.867. The monoisotopic (exact) mass is 219 g/mol. The summed E-state index contributed by atoms with van der Waals surface area (Å²) in [5, 5.41) is 3.79. The molecule has 2 saturated carbocycles. The van der Waals surface area contributed by atoms with Crippen LogP contribution >= 0.6 is 0 Å². The maximum Gasteiger partial charge on any atom is 0.00685 e. The van der Waals surface area contributed by atoms with Crippen molar-refractivity contribution in [2.45, 2.75) is 64.3 Å². The van der Waals surface area contributed by atoms with Crippen LogP contribution in [0.3, 0.4) is 0 Å². The van der Waals surface area contributed by atoms with E-state index in [4.69, 9.17) is 0 Å². The Morgan fingerprint density at radius 2 is 2.19 bits per heavy atom. The molecule has 0 spiro atoms. The van der Waals surface area contributed by atoms with Gasteiger partial charge in [0, 0.05) is 18.0 Å². The highest BCUT2D eigenvalue weighted by Crippen LogP contribution is 2.53. The summed E-state index contributed by atoms with van der Waals surface area (Å²) in [6.07, 6.45) is 13.9. The molecule has 3 rings (SSSR count). The van der Waals surface area contributed by atoms with Gasteiger partial charge in [0.2, 0.25) is 0 Å². The van der Waals surface area contributed by atoms with E-state index in [2.05, 4.69) is 18.3 Å². The minimum absolute atomic E-state index is 0.572. The van der Waals surface area contributed by atoms with Crippen LogP contribution in [0.2, 0.25) is 0 Å². The van der Waals surface area contributed by atoms with Crippen molar-refractivity contribution in [3.8, 4) is 0 Å². The van der Waals surface area contributed by atoms with E-state index < -0.39 is 0 Å². The number of rotatable bonds is 4. The quantitative estimate of drug-likeness (QED) is 0.712. The third-order valence-electron chi connectivity index (χ3n) is 5.18. The van der Waals surface area contributed by atoms with Gasteiger partial charge >= 0.3 is 0 Å². The molecule has 2 atom stereocenters. The Morgan fingerprint density at radius 1 is 1.31 bits per heavy atom. The first-order valence-corrected chi connectivity index (χ1v) is 7.24. The molecular weight excluding hydrogens is 194 g/mol. The minimum Gasteiger partial charge on any atom is -0.313 e. The highest BCUT2D eigenvalue weighted by molar-refractivity contribution is 5.23. The van der Waals surface area contributed by atoms with Gasteiger partial charge in [-0.05, 0) is 57.3 Å². The molecule has 0 aliphatic heterocycles. The van der Waals surface area contributed by atoms with Gasteiger partial charge in [-0.25, -0.2) is 0 Å². The molecule has 0 saturated heterocycles. The predicted octanol–water partition coefficient (Wildman–Crippen LogP) is 3.66. The highest BCUT2D eigenvalue weighted by Gasteiger charge is 2.46. The Balaban J connectivity index is 1.70. The normalized spacial score (nSPS) is 39.1. The summed E-state index contributed by atoms with van der Waals surface area (Å²) in [5.41, 5.74) is 2.38. The third-order valence-corrected chi connectivity index (χ3v) is 5.18. The average Bonchev–Trinajstić information content (AvgIpc) is 3.13. The molecule has 1 heteroatoms. The van der Waals surface area contributed by atoms with E-state index in [1.807, 2.05) is 5.57 Å². The van der Waals surface area contributed by atoms with Crippen LogP contribution in [0.1, 0.15) is 58.3 Å². The summed E-state index contributed by atoms with van der Waals surface area (Å²) < 4.78 is 0. The summed E-state index contributed by atoms with van der Waals surface area (Å²) in [6, 6.07) is 0.869. The average molecular weight is 219 g/mol. The van der Waals surface area contributed by atoms with Gasteiger partial charge in [-0.1, -0.05) is 18.6 Å². The van der Waals surface area contributed by atoms with Gasteiger partial charge in [0.25, 0.3) is 0 Å². The lowest BCUT2D eigenvalue weighted by atomic mass is 9.55. The minimum atomic E-state index is 0.572. The Morgan fingerprint density at radius 3 is 2.69 bits per heavy atom. The first-order valence-electron chi connectivity index (χ1n) is 7.24. The lowest BCUT2D eigenvalue weighted by Crippen LogP contribution is -2.48. The topological polar surface area (TPSA) is 12.0 Å². The van der Waals surface area contributed by atoms with Crippen LogP contribution in [0.5, 0.6) is 0 Å². The zero-order chi connectivity index (χ0) is 11.0. The maximum atomic E-state index is 3.79. The standard InChI is InChI=1S/C15H25N/c1-12-9-10-15(12,11-16-14-7-8-14)13-5-3-2-4-6-13/h5,12,14,16H,2-4,6-11H2,1H3. The summed E-state index contributed by atoms with van der Waals surface area (Å²) in [6.45, 7) is 3.73. The van der Waals surface area contributed by atoms with Crippen LogP contribution in [0.25, 0.3) is 0 Å². The summed E-state index contributed by atoms with van der Waals surface area (Å²) in [5.74, 6) is 0.920. The number of nitrogens with one attached hydrogen (secondary N) is 1. The zero-order valence-corrected chi connectivity index (χ0v) is 10.6. The van der Waals surface area contributed by atoms with E-state index >= 15 is 0 Å². The number of hydrogen-bond acceptors (Lipinski definition) is 1. The molecule has 0 aromatic heterocycles. The number of hydrogen-bond donors (Lipinski definition) is 1. The van der Waals surface area contributed by atoms with E-state index in [0.29, 0.717) is 5.41 Å². The van der Waals surface area contributed by atoms with Crippen LogP contribution in [0, 0.1) is 11.3 Å². The van der Waals surface area contributed by atoms with Gasteiger partial charge in [-0.2, -0.15) is 0 Å². The first kappa shape index (κ1) is 10.8. The van der Waals surface area contributed by atoms with Crippen molar-refractivity contribution < 1.29 is 0 Å². The molecule has 0 bridgehead atoms. The molecule has 1 N–H and O–H groups in total. The van der Waals surface area contributed by atoms with Crippen LogP contribution in [-0.4, -0.2) is 12.6 Å². The van der Waals surface area contributed by atoms with E-state index in [-0.39, 0.29) is 0 Å². The van der Waals surface area contributed by atoms with Crippen molar-refractivity contribution >= 4 is 0 Å². The molecule has 0 aromatic carbocycles. The molecule has 2 fully saturated rings. The molecule has 0 heterocycles. The first-order chi connectivity index (χ1) is 7.81. The SMILES string of the molecule is CC1CCC1(CNC1CC1)C1=CCCCC1. The van der Waals surface area contributed by atoms with Crippen LogP contribution < -0.4 is 5.32 Å². The molecule has 0 amide bonds. The molecule has 3 aliphatic rings. The Hall–Kier alpha value is -0.300. The zero-order valence-electron chi connectivity index (χ0n) is 10.6. The van der Waals surface area contributed by atoms with Crippen molar-refractivity contribution in [1.29, 1.82) is 0 Å². The highest BCUT2D eigenvalue weighted by atomic mass is 15.0. The smallest absolute Gasteiger partial charge is 0.00685 e. The van der Waals surface area contributed by atoms with Crippen molar-refractivity contribution in [2.24, 2.45) is 11.3 Å². The molecule has 2 unspecified atom stereocenters. The van der Waals surface area contributed by atoms with E-state index in [0.717, 1.165) is 12.0 Å². The summed E-state index contributed by atoms with van der Waals surface area (Å²) in [4.78, 5) is 0. The van der Waals surface area contributed by atoms with E-state index in [9.17, 15) is 0 Å². The Kier molecular flexibility index (Phi) is 2.83. The fourth-order valence-corrected chi connectivity index (χ4v) is 3.54. The van der Waals surface area contributed by atoms with Crippen molar-refractivity contribution in [3.63, 3.8) is 0 Å². The van der Waals surface area contributed by atoms with E-state index in [1.54, 1.807) is 0 Å². The second-order valence-corrected chi connectivity index (χ2v) is 6.23. The van der Waals surface area contributed by atoms with Crippen molar-refractivity contribution in [1.82, 2.24) is 5.32 Å². The van der Waals surface area contributed by atoms with Crippen LogP contribution in [-0.2, 0) is 0 Å². The summed E-state index contributed by atoms with van der Waals surface area (Å²) >= 11 is 0. The van der Waals surface area contributed by atoms with Crippen LogP contribution in [0.4, 0.5) is 0 Å². The molecular formula is C15H25N. The van der Waals surface area contributed by atoms with E-state index in [1.165, 1.54) is 57.9 Å². The Bertz CT molecular complexity index is 290.